The summed E-state index contributed by atoms with van der Waals surface area (Å²) in [7, 11) is 3.18. The molecule has 1 N–H and O–H groups in total. The fraction of sp³-hybridized carbons (Fsp3) is 0.636. The summed E-state index contributed by atoms with van der Waals surface area (Å²) < 4.78 is 11.2. The highest BCUT2D eigenvalue weighted by atomic mass is 35.5. The van der Waals surface area contributed by atoms with Crippen molar-refractivity contribution in [2.45, 2.75) is 19.5 Å². The highest BCUT2D eigenvalue weighted by molar-refractivity contribution is 6.32. The Bertz CT molecular complexity index is 436. The SMILES string of the molecule is COCCn1ncc(NC(C)COC)c(Cl)c1=O. The quantitative estimate of drug-likeness (QED) is 0.804. The Morgan fingerprint density at radius 3 is 2.83 bits per heavy atom. The van der Waals surface area contributed by atoms with Gasteiger partial charge in [-0.2, -0.15) is 5.10 Å². The van der Waals surface area contributed by atoms with Crippen LogP contribution in [-0.4, -0.2) is 43.3 Å². The lowest BCUT2D eigenvalue weighted by Gasteiger charge is -2.15. The second kappa shape index (κ2) is 7.35. The molecule has 1 rings (SSSR count). The van der Waals surface area contributed by atoms with Gasteiger partial charge in [0.25, 0.3) is 5.56 Å². The maximum Gasteiger partial charge on any atom is 0.287 e. The molecule has 0 aliphatic heterocycles. The number of anilines is 1. The Morgan fingerprint density at radius 1 is 1.50 bits per heavy atom. The average molecular weight is 276 g/mol. The van der Waals surface area contributed by atoms with Crippen LogP contribution in [0.1, 0.15) is 6.92 Å². The van der Waals surface area contributed by atoms with Gasteiger partial charge < -0.3 is 14.8 Å². The molecule has 1 heterocycles. The Balaban J connectivity index is 2.83. The van der Waals surface area contributed by atoms with E-state index in [1.54, 1.807) is 14.2 Å². The third kappa shape index (κ3) is 3.97. The largest absolute Gasteiger partial charge is 0.383 e. The van der Waals surface area contributed by atoms with Crippen LogP contribution in [0.3, 0.4) is 0 Å². The highest BCUT2D eigenvalue weighted by Crippen LogP contribution is 2.16. The Labute approximate surface area is 111 Å². The van der Waals surface area contributed by atoms with Gasteiger partial charge >= 0.3 is 0 Å². The molecule has 7 heteroatoms. The number of halogens is 1. The molecule has 1 atom stereocenters. The van der Waals surface area contributed by atoms with Crippen LogP contribution in [0.25, 0.3) is 0 Å². The molecule has 0 amide bonds. The lowest BCUT2D eigenvalue weighted by atomic mass is 10.3. The van der Waals surface area contributed by atoms with Gasteiger partial charge in [0.2, 0.25) is 0 Å². The normalized spacial score (nSPS) is 12.4. The van der Waals surface area contributed by atoms with Crippen LogP contribution >= 0.6 is 11.6 Å². The van der Waals surface area contributed by atoms with Gasteiger partial charge in [-0.3, -0.25) is 4.79 Å². The second-order valence-electron chi connectivity index (χ2n) is 3.89. The minimum Gasteiger partial charge on any atom is -0.383 e. The molecule has 0 bridgehead atoms. The Hall–Kier alpha value is -1.11. The summed E-state index contributed by atoms with van der Waals surface area (Å²) in [5.74, 6) is 0. The molecule has 0 fully saturated rings. The van der Waals surface area contributed by atoms with E-state index in [9.17, 15) is 4.79 Å². The Morgan fingerprint density at radius 2 is 2.22 bits per heavy atom. The van der Waals surface area contributed by atoms with Crippen LogP contribution in [0.5, 0.6) is 0 Å². The summed E-state index contributed by atoms with van der Waals surface area (Å²) in [5, 5.41) is 7.23. The molecule has 1 aromatic rings. The smallest absolute Gasteiger partial charge is 0.287 e. The van der Waals surface area contributed by atoms with Gasteiger partial charge in [0.05, 0.1) is 31.6 Å². The molecule has 102 valence electrons. The van der Waals surface area contributed by atoms with Gasteiger partial charge in [-0.25, -0.2) is 4.68 Å². The average Bonchev–Trinajstić information content (AvgIpc) is 2.34. The summed E-state index contributed by atoms with van der Waals surface area (Å²) in [6.45, 7) is 3.23. The van der Waals surface area contributed by atoms with Crippen molar-refractivity contribution < 1.29 is 9.47 Å². The summed E-state index contributed by atoms with van der Waals surface area (Å²) in [4.78, 5) is 11.9. The molecule has 0 radical (unpaired) electrons. The third-order valence-electron chi connectivity index (χ3n) is 2.31. The molecule has 0 aromatic carbocycles. The number of nitrogens with one attached hydrogen (secondary N) is 1. The predicted octanol–water partition coefficient (Wildman–Crippen LogP) is 0.990. The second-order valence-corrected chi connectivity index (χ2v) is 4.27. The number of aromatic nitrogens is 2. The zero-order chi connectivity index (χ0) is 13.5. The number of nitrogens with zero attached hydrogens (tertiary/aromatic N) is 2. The van der Waals surface area contributed by atoms with Crippen LogP contribution in [0.15, 0.2) is 11.0 Å². The van der Waals surface area contributed by atoms with Gasteiger partial charge in [0.1, 0.15) is 5.02 Å². The topological polar surface area (TPSA) is 65.4 Å². The molecule has 1 unspecified atom stereocenters. The first kappa shape index (κ1) is 14.9. The maximum atomic E-state index is 11.9. The minimum absolute atomic E-state index is 0.0449. The van der Waals surface area contributed by atoms with Crippen LogP contribution in [0.2, 0.25) is 5.02 Å². The minimum atomic E-state index is -0.330. The van der Waals surface area contributed by atoms with Gasteiger partial charge in [-0.1, -0.05) is 11.6 Å². The Kier molecular flexibility index (Phi) is 6.11. The van der Waals surface area contributed by atoms with Crippen molar-refractivity contribution in [1.82, 2.24) is 9.78 Å². The first-order valence-corrected chi connectivity index (χ1v) is 5.98. The molecule has 6 nitrogen and oxygen atoms in total. The zero-order valence-electron chi connectivity index (χ0n) is 10.8. The summed E-state index contributed by atoms with van der Waals surface area (Å²) in [6, 6.07) is 0.0449. The third-order valence-corrected chi connectivity index (χ3v) is 2.68. The van der Waals surface area contributed by atoms with E-state index >= 15 is 0 Å². The maximum absolute atomic E-state index is 11.9. The molecular weight excluding hydrogens is 258 g/mol. The van der Waals surface area contributed by atoms with E-state index in [-0.39, 0.29) is 16.6 Å². The van der Waals surface area contributed by atoms with Crippen LogP contribution < -0.4 is 10.9 Å². The molecule has 0 saturated heterocycles. The monoisotopic (exact) mass is 275 g/mol. The molecule has 18 heavy (non-hydrogen) atoms. The fourth-order valence-corrected chi connectivity index (χ4v) is 1.66. The molecular formula is C11H18ClN3O3. The van der Waals surface area contributed by atoms with E-state index in [1.165, 1.54) is 10.9 Å². The van der Waals surface area contributed by atoms with Gasteiger partial charge in [0.15, 0.2) is 0 Å². The van der Waals surface area contributed by atoms with E-state index in [4.69, 9.17) is 21.1 Å². The first-order valence-electron chi connectivity index (χ1n) is 5.60. The van der Waals surface area contributed by atoms with Crippen molar-refractivity contribution in [1.29, 1.82) is 0 Å². The molecule has 0 aliphatic rings. The highest BCUT2D eigenvalue weighted by Gasteiger charge is 2.11. The number of ether oxygens (including phenoxy) is 2. The van der Waals surface area contributed by atoms with Crippen molar-refractivity contribution in [2.75, 3.05) is 32.8 Å². The van der Waals surface area contributed by atoms with Crippen LogP contribution in [0, 0.1) is 0 Å². The van der Waals surface area contributed by atoms with Crippen LogP contribution in [0.4, 0.5) is 5.69 Å². The molecule has 0 aliphatic carbocycles. The van der Waals surface area contributed by atoms with Crippen molar-refractivity contribution >= 4 is 17.3 Å². The van der Waals surface area contributed by atoms with Gasteiger partial charge in [-0.15, -0.1) is 0 Å². The van der Waals surface area contributed by atoms with Crippen molar-refractivity contribution in [3.05, 3.63) is 21.6 Å². The lowest BCUT2D eigenvalue weighted by Crippen LogP contribution is -2.28. The summed E-state index contributed by atoms with van der Waals surface area (Å²) in [6.07, 6.45) is 1.53. The lowest BCUT2D eigenvalue weighted by molar-refractivity contribution is 0.182. The standard InChI is InChI=1S/C11H18ClN3O3/c1-8(7-18-3)14-9-6-13-15(4-5-17-2)11(16)10(9)12/h6,8,14H,4-5,7H2,1-3H3. The van der Waals surface area contributed by atoms with Crippen molar-refractivity contribution in [3.63, 3.8) is 0 Å². The van der Waals surface area contributed by atoms with E-state index < -0.39 is 0 Å². The van der Waals surface area contributed by atoms with E-state index in [0.29, 0.717) is 25.4 Å². The van der Waals surface area contributed by atoms with Gasteiger partial charge in [0, 0.05) is 20.3 Å². The predicted molar refractivity (Wildman–Crippen MR) is 70.3 cm³/mol. The molecule has 0 spiro atoms. The van der Waals surface area contributed by atoms with Crippen molar-refractivity contribution in [2.24, 2.45) is 0 Å². The molecule has 1 aromatic heterocycles. The number of hydrogen-bond acceptors (Lipinski definition) is 5. The number of hydrogen-bond donors (Lipinski definition) is 1. The fourth-order valence-electron chi connectivity index (χ4n) is 1.46. The molecule has 0 saturated carbocycles. The van der Waals surface area contributed by atoms with Crippen molar-refractivity contribution in [3.8, 4) is 0 Å². The zero-order valence-corrected chi connectivity index (χ0v) is 11.5. The van der Waals surface area contributed by atoms with E-state index in [1.807, 2.05) is 6.92 Å². The van der Waals surface area contributed by atoms with E-state index in [2.05, 4.69) is 10.4 Å². The first-order chi connectivity index (χ1) is 8.60. The summed E-state index contributed by atoms with van der Waals surface area (Å²) >= 11 is 6.00. The number of rotatable bonds is 7. The number of methoxy groups -OCH3 is 2. The van der Waals surface area contributed by atoms with E-state index in [0.717, 1.165) is 0 Å². The van der Waals surface area contributed by atoms with Gasteiger partial charge in [-0.05, 0) is 6.92 Å². The van der Waals surface area contributed by atoms with Crippen LogP contribution in [-0.2, 0) is 16.0 Å². The summed E-state index contributed by atoms with van der Waals surface area (Å²) in [5.41, 5.74) is 0.184.